The van der Waals surface area contributed by atoms with Gasteiger partial charge in [-0.25, -0.2) is 13.2 Å². The fourth-order valence-electron chi connectivity index (χ4n) is 4.54. The quantitative estimate of drug-likeness (QED) is 0.143. The van der Waals surface area contributed by atoms with Crippen LogP contribution in [0, 0.1) is 6.92 Å². The van der Waals surface area contributed by atoms with Gasteiger partial charge in [-0.1, -0.05) is 18.2 Å². The number of esters is 1. The van der Waals surface area contributed by atoms with Crippen molar-refractivity contribution in [2.24, 2.45) is 0 Å². The zero-order valence-electron chi connectivity index (χ0n) is 23.3. The van der Waals surface area contributed by atoms with E-state index in [1.54, 1.807) is 58.0 Å². The largest absolute Gasteiger partial charge is 0.467 e. The van der Waals surface area contributed by atoms with Gasteiger partial charge in [0, 0.05) is 34.6 Å². The second kappa shape index (κ2) is 12.2. The number of halogens is 1. The first-order valence-electron chi connectivity index (χ1n) is 13.0. The van der Waals surface area contributed by atoms with E-state index in [4.69, 9.17) is 25.2 Å². The topological polar surface area (TPSA) is 110 Å². The average Bonchev–Trinajstić information content (AvgIpc) is 3.56. The van der Waals surface area contributed by atoms with Gasteiger partial charge >= 0.3 is 5.97 Å². The molecule has 0 unspecified atom stereocenters. The number of rotatable bonds is 11. The van der Waals surface area contributed by atoms with Crippen molar-refractivity contribution < 1.29 is 31.6 Å². The van der Waals surface area contributed by atoms with Gasteiger partial charge in [0.05, 0.1) is 30.0 Å². The third kappa shape index (κ3) is 6.18. The van der Waals surface area contributed by atoms with Crippen LogP contribution >= 0.6 is 11.6 Å². The van der Waals surface area contributed by atoms with Crippen molar-refractivity contribution in [3.63, 3.8) is 0 Å². The summed E-state index contributed by atoms with van der Waals surface area (Å²) in [7, 11) is -4.10. The van der Waals surface area contributed by atoms with E-state index in [2.05, 4.69) is 6.58 Å². The molecule has 2 aromatic carbocycles. The Balaban J connectivity index is 1.75. The van der Waals surface area contributed by atoms with Gasteiger partial charge in [0.1, 0.15) is 11.3 Å². The Kier molecular flexibility index (Phi) is 8.94. The molecule has 0 aliphatic carbocycles. The van der Waals surface area contributed by atoms with Crippen molar-refractivity contribution >= 4 is 50.2 Å². The van der Waals surface area contributed by atoms with Crippen LogP contribution in [0.2, 0.25) is 5.02 Å². The van der Waals surface area contributed by atoms with Gasteiger partial charge in [-0.15, -0.1) is 0 Å². The van der Waals surface area contributed by atoms with Crippen LogP contribution in [-0.4, -0.2) is 38.3 Å². The Bertz CT molecular complexity index is 1710. The fraction of sp³-hybridized carbons (Fsp3) is 0.267. The number of carbonyl (C=O) groups excluding carboxylic acids is 2. The predicted octanol–water partition coefficient (Wildman–Crippen LogP) is 6.48. The molecule has 2 heterocycles. The highest BCUT2D eigenvalue weighted by atomic mass is 35.5. The van der Waals surface area contributed by atoms with Gasteiger partial charge in [0.25, 0.3) is 10.0 Å². The molecule has 11 heteroatoms. The van der Waals surface area contributed by atoms with Crippen LogP contribution in [0.4, 0.5) is 5.69 Å². The molecular weight excluding hydrogens is 568 g/mol. The van der Waals surface area contributed by atoms with Crippen molar-refractivity contribution in [1.82, 2.24) is 4.90 Å². The summed E-state index contributed by atoms with van der Waals surface area (Å²) < 4.78 is 45.5. The van der Waals surface area contributed by atoms with Gasteiger partial charge in [0.15, 0.2) is 0 Å². The van der Waals surface area contributed by atoms with Crippen LogP contribution in [0.25, 0.3) is 11.0 Å². The summed E-state index contributed by atoms with van der Waals surface area (Å²) in [4.78, 5) is 26.9. The lowest BCUT2D eigenvalue weighted by Gasteiger charge is -2.28. The van der Waals surface area contributed by atoms with E-state index >= 15 is 0 Å². The number of furan rings is 2. The Hall–Kier alpha value is -4.02. The number of carbonyl (C=O) groups is 2. The fourth-order valence-corrected chi connectivity index (χ4v) is 6.27. The minimum atomic E-state index is -4.10. The van der Waals surface area contributed by atoms with Crippen LogP contribution in [0.5, 0.6) is 0 Å². The lowest BCUT2D eigenvalue weighted by molar-refractivity contribution is -0.128. The summed E-state index contributed by atoms with van der Waals surface area (Å²) in [6.07, 6.45) is 1.52. The van der Waals surface area contributed by atoms with Crippen molar-refractivity contribution in [1.29, 1.82) is 0 Å². The number of hydrogen-bond donors (Lipinski definition) is 0. The Labute approximate surface area is 244 Å². The highest BCUT2D eigenvalue weighted by Gasteiger charge is 2.29. The number of sulfonamides is 1. The number of benzene rings is 2. The number of hydrogen-bond acceptors (Lipinski definition) is 7. The molecule has 0 bridgehead atoms. The van der Waals surface area contributed by atoms with Gasteiger partial charge in [-0.2, -0.15) is 0 Å². The molecule has 9 nitrogen and oxygen atoms in total. The molecule has 0 N–H and O–H groups in total. The van der Waals surface area contributed by atoms with Crippen LogP contribution < -0.4 is 4.31 Å². The summed E-state index contributed by atoms with van der Waals surface area (Å²) in [5, 5.41) is 0.873. The number of nitrogens with zero attached hydrogens (tertiary/aromatic N) is 2. The summed E-state index contributed by atoms with van der Waals surface area (Å²) in [5.41, 5.74) is 2.07. The Morgan fingerprint density at radius 1 is 1.07 bits per heavy atom. The molecule has 41 heavy (non-hydrogen) atoms. The van der Waals surface area contributed by atoms with E-state index in [0.717, 1.165) is 0 Å². The molecule has 0 atom stereocenters. The number of amides is 1. The predicted molar refractivity (Wildman–Crippen MR) is 156 cm³/mol. The van der Waals surface area contributed by atoms with Crippen molar-refractivity contribution in [3.05, 3.63) is 94.6 Å². The second-order valence-electron chi connectivity index (χ2n) is 9.40. The summed E-state index contributed by atoms with van der Waals surface area (Å²) in [6.45, 7) is 11.0. The number of ether oxygens (including phenoxy) is 1. The lowest BCUT2D eigenvalue weighted by Crippen LogP contribution is -2.34. The lowest BCUT2D eigenvalue weighted by atomic mass is 10.1. The molecule has 0 radical (unpaired) electrons. The van der Waals surface area contributed by atoms with E-state index in [0.29, 0.717) is 44.1 Å². The number of aryl methyl sites for hydroxylation is 1. The van der Waals surface area contributed by atoms with Crippen molar-refractivity contribution in [2.75, 3.05) is 17.5 Å². The third-order valence-electron chi connectivity index (χ3n) is 6.49. The normalized spacial score (nSPS) is 11.4. The highest BCUT2D eigenvalue weighted by molar-refractivity contribution is 7.92. The first-order valence-corrected chi connectivity index (χ1v) is 14.8. The molecule has 216 valence electrons. The monoisotopic (exact) mass is 598 g/mol. The van der Waals surface area contributed by atoms with Crippen molar-refractivity contribution in [2.45, 2.75) is 45.7 Å². The maximum Gasteiger partial charge on any atom is 0.374 e. The SMILES string of the molecule is C=C(C)C(=O)N(Cc1ccco1)Cc1cc(Cl)ccc1N(CC)S(=O)(=O)c1ccc2oc(C(=O)OCC)c(C)c2c1. The molecule has 1 amide bonds. The van der Waals surface area contributed by atoms with E-state index < -0.39 is 16.0 Å². The number of anilines is 1. The van der Waals surface area contributed by atoms with E-state index in [1.807, 2.05) is 0 Å². The first kappa shape index (κ1) is 30.0. The maximum atomic E-state index is 14.0. The molecule has 0 spiro atoms. The summed E-state index contributed by atoms with van der Waals surface area (Å²) >= 11 is 6.34. The molecule has 4 aromatic rings. The second-order valence-corrected chi connectivity index (χ2v) is 11.7. The molecule has 0 aliphatic rings. The van der Waals surface area contributed by atoms with E-state index in [1.165, 1.54) is 33.7 Å². The molecule has 0 fully saturated rings. The molecule has 4 rings (SSSR count). The van der Waals surface area contributed by atoms with E-state index in [-0.39, 0.29) is 42.8 Å². The molecule has 0 saturated heterocycles. The van der Waals surface area contributed by atoms with Gasteiger partial charge in [-0.05, 0) is 81.8 Å². The van der Waals surface area contributed by atoms with Crippen LogP contribution in [0.1, 0.15) is 48.2 Å². The first-order chi connectivity index (χ1) is 19.5. The van der Waals surface area contributed by atoms with E-state index in [9.17, 15) is 18.0 Å². The molecule has 2 aromatic heterocycles. The molecule has 0 aliphatic heterocycles. The number of fused-ring (bicyclic) bond motifs is 1. The van der Waals surface area contributed by atoms with Gasteiger partial charge < -0.3 is 18.5 Å². The van der Waals surface area contributed by atoms with Crippen LogP contribution in [0.15, 0.2) is 80.7 Å². The average molecular weight is 599 g/mol. The van der Waals surface area contributed by atoms with Crippen LogP contribution in [-0.2, 0) is 32.6 Å². The zero-order valence-corrected chi connectivity index (χ0v) is 24.8. The summed E-state index contributed by atoms with van der Waals surface area (Å²) in [5.74, 6) is -0.330. The minimum Gasteiger partial charge on any atom is -0.467 e. The maximum absolute atomic E-state index is 14.0. The van der Waals surface area contributed by atoms with Crippen LogP contribution in [0.3, 0.4) is 0 Å². The smallest absolute Gasteiger partial charge is 0.374 e. The Morgan fingerprint density at radius 2 is 1.83 bits per heavy atom. The Morgan fingerprint density at radius 3 is 2.46 bits per heavy atom. The molecule has 0 saturated carbocycles. The minimum absolute atomic E-state index is 0.0116. The van der Waals surface area contributed by atoms with Gasteiger partial charge in [0.2, 0.25) is 11.7 Å². The highest BCUT2D eigenvalue weighted by Crippen LogP contribution is 2.33. The summed E-state index contributed by atoms with van der Waals surface area (Å²) in [6, 6.07) is 12.8. The zero-order chi connectivity index (χ0) is 29.9. The van der Waals surface area contributed by atoms with Gasteiger partial charge in [-0.3, -0.25) is 9.10 Å². The molecular formula is C30H31ClN2O7S. The standard InChI is InChI=1S/C30H31ClN2O7S/c1-6-33(41(36,37)24-11-13-27-25(16-24)20(5)28(40-27)30(35)38-7-2)26-12-10-22(31)15-21(26)17-32(29(34)19(3)4)18-23-9-8-14-39-23/h8-16H,3,6-7,17-18H2,1-2,4-5H3. The third-order valence-corrected chi connectivity index (χ3v) is 8.61. The van der Waals surface area contributed by atoms with Crippen molar-refractivity contribution in [3.8, 4) is 0 Å².